The first-order chi connectivity index (χ1) is 5.70. The van der Waals surface area contributed by atoms with Crippen LogP contribution < -0.4 is 0 Å². The van der Waals surface area contributed by atoms with E-state index in [1.54, 1.807) is 6.92 Å². The van der Waals surface area contributed by atoms with Gasteiger partial charge in [0, 0.05) is 6.42 Å². The molecule has 0 N–H and O–H groups in total. The highest BCUT2D eigenvalue weighted by Crippen LogP contribution is 2.18. The number of rotatable bonds is 7. The Balaban J connectivity index is 3.45. The van der Waals surface area contributed by atoms with Crippen molar-refractivity contribution in [3.8, 4) is 0 Å². The lowest BCUT2D eigenvalue weighted by molar-refractivity contribution is -0.117. The summed E-state index contributed by atoms with van der Waals surface area (Å²) in [6.45, 7) is 6.13. The van der Waals surface area contributed by atoms with Gasteiger partial charge in [-0.1, -0.05) is 39.5 Å². The van der Waals surface area contributed by atoms with Crippen molar-refractivity contribution < 1.29 is 4.79 Å². The second-order valence-corrected chi connectivity index (χ2v) is 3.66. The van der Waals surface area contributed by atoms with Crippen LogP contribution in [0.25, 0.3) is 0 Å². The van der Waals surface area contributed by atoms with Crippen molar-refractivity contribution in [1.29, 1.82) is 0 Å². The second kappa shape index (κ2) is 7.33. The van der Waals surface area contributed by atoms with E-state index in [4.69, 9.17) is 0 Å². The van der Waals surface area contributed by atoms with E-state index in [0.717, 1.165) is 18.8 Å². The summed E-state index contributed by atoms with van der Waals surface area (Å²) in [6.07, 6.45) is 7.01. The summed E-state index contributed by atoms with van der Waals surface area (Å²) in [6, 6.07) is 0. The molecule has 0 spiro atoms. The molecule has 1 heteroatoms. The number of ketones is 1. The third-order valence-corrected chi connectivity index (χ3v) is 2.45. The average molecular weight is 170 g/mol. The third-order valence-electron chi connectivity index (χ3n) is 2.45. The molecule has 12 heavy (non-hydrogen) atoms. The Hall–Kier alpha value is -0.330. The molecule has 0 heterocycles. The fraction of sp³-hybridized carbons (Fsp3) is 0.909. The highest BCUT2D eigenvalue weighted by Gasteiger charge is 2.06. The van der Waals surface area contributed by atoms with Crippen LogP contribution in [-0.2, 0) is 4.79 Å². The molecular formula is C11H22O. The lowest BCUT2D eigenvalue weighted by Gasteiger charge is -2.12. The Morgan fingerprint density at radius 1 is 1.25 bits per heavy atom. The van der Waals surface area contributed by atoms with Crippen molar-refractivity contribution >= 4 is 5.78 Å². The molecule has 0 saturated heterocycles. The summed E-state index contributed by atoms with van der Waals surface area (Å²) >= 11 is 0. The van der Waals surface area contributed by atoms with Gasteiger partial charge in [-0.25, -0.2) is 0 Å². The van der Waals surface area contributed by atoms with Crippen LogP contribution in [0.5, 0.6) is 0 Å². The summed E-state index contributed by atoms with van der Waals surface area (Å²) in [4.78, 5) is 10.7. The Morgan fingerprint density at radius 2 is 1.92 bits per heavy atom. The summed E-state index contributed by atoms with van der Waals surface area (Å²) in [5, 5.41) is 0. The van der Waals surface area contributed by atoms with Crippen LogP contribution in [-0.4, -0.2) is 5.78 Å². The predicted octanol–water partition coefficient (Wildman–Crippen LogP) is 3.57. The summed E-state index contributed by atoms with van der Waals surface area (Å²) < 4.78 is 0. The molecule has 0 saturated carbocycles. The van der Waals surface area contributed by atoms with Gasteiger partial charge in [0.25, 0.3) is 0 Å². The van der Waals surface area contributed by atoms with Crippen LogP contribution in [0, 0.1) is 5.92 Å². The molecule has 0 fully saturated rings. The lowest BCUT2D eigenvalue weighted by atomic mass is 9.94. The van der Waals surface area contributed by atoms with Crippen LogP contribution in [0.2, 0.25) is 0 Å². The molecular weight excluding hydrogens is 148 g/mol. The molecule has 0 aromatic carbocycles. The quantitative estimate of drug-likeness (QED) is 0.571. The van der Waals surface area contributed by atoms with E-state index in [9.17, 15) is 4.79 Å². The molecule has 1 nitrogen and oxygen atoms in total. The third kappa shape index (κ3) is 6.38. The van der Waals surface area contributed by atoms with E-state index in [1.165, 1.54) is 25.7 Å². The molecule has 0 bridgehead atoms. The topological polar surface area (TPSA) is 17.1 Å². The van der Waals surface area contributed by atoms with Crippen molar-refractivity contribution in [2.24, 2.45) is 5.92 Å². The molecule has 0 aliphatic heterocycles. The van der Waals surface area contributed by atoms with Crippen molar-refractivity contribution in [2.75, 3.05) is 0 Å². The molecule has 1 atom stereocenters. The number of hydrogen-bond acceptors (Lipinski definition) is 1. The first-order valence-corrected chi connectivity index (χ1v) is 5.20. The standard InChI is InChI=1S/C11H22O/c1-4-6-7-11(5-2)9-8-10(3)12/h11H,4-9H2,1-3H3/t11-/m0/s1. The van der Waals surface area contributed by atoms with E-state index in [1.807, 2.05) is 0 Å². The van der Waals surface area contributed by atoms with Crippen LogP contribution in [0.15, 0.2) is 0 Å². The number of unbranched alkanes of at least 4 members (excludes halogenated alkanes) is 1. The minimum Gasteiger partial charge on any atom is -0.300 e. The average Bonchev–Trinajstić information content (AvgIpc) is 2.05. The number of carbonyl (C=O) groups excluding carboxylic acids is 1. The zero-order valence-corrected chi connectivity index (χ0v) is 8.73. The Bertz CT molecular complexity index is 118. The predicted molar refractivity (Wildman–Crippen MR) is 53.2 cm³/mol. The van der Waals surface area contributed by atoms with Crippen LogP contribution in [0.1, 0.15) is 59.3 Å². The largest absolute Gasteiger partial charge is 0.300 e. The maximum Gasteiger partial charge on any atom is 0.129 e. The molecule has 0 aliphatic carbocycles. The van der Waals surface area contributed by atoms with Crippen molar-refractivity contribution in [3.05, 3.63) is 0 Å². The van der Waals surface area contributed by atoms with Gasteiger partial charge in [0.2, 0.25) is 0 Å². The van der Waals surface area contributed by atoms with Gasteiger partial charge in [0.15, 0.2) is 0 Å². The first-order valence-electron chi connectivity index (χ1n) is 5.20. The first kappa shape index (κ1) is 11.7. The number of carbonyl (C=O) groups is 1. The fourth-order valence-corrected chi connectivity index (χ4v) is 1.45. The molecule has 0 unspecified atom stereocenters. The van der Waals surface area contributed by atoms with Crippen LogP contribution in [0.3, 0.4) is 0 Å². The monoisotopic (exact) mass is 170 g/mol. The van der Waals surface area contributed by atoms with Crippen molar-refractivity contribution in [2.45, 2.75) is 59.3 Å². The van der Waals surface area contributed by atoms with Crippen molar-refractivity contribution in [3.63, 3.8) is 0 Å². The highest BCUT2D eigenvalue weighted by atomic mass is 16.1. The maximum atomic E-state index is 10.7. The zero-order valence-electron chi connectivity index (χ0n) is 8.73. The van der Waals surface area contributed by atoms with Gasteiger partial charge >= 0.3 is 0 Å². The van der Waals surface area contributed by atoms with E-state index < -0.39 is 0 Å². The SMILES string of the molecule is CCCC[C@H](CC)CCC(C)=O. The molecule has 0 radical (unpaired) electrons. The van der Waals surface area contributed by atoms with Gasteiger partial charge in [-0.15, -0.1) is 0 Å². The summed E-state index contributed by atoms with van der Waals surface area (Å²) in [5.41, 5.74) is 0. The Kier molecular flexibility index (Phi) is 7.12. The normalized spacial score (nSPS) is 12.9. The summed E-state index contributed by atoms with van der Waals surface area (Å²) in [5.74, 6) is 1.12. The number of hydrogen-bond donors (Lipinski definition) is 0. The van der Waals surface area contributed by atoms with E-state index >= 15 is 0 Å². The molecule has 72 valence electrons. The molecule has 0 aliphatic rings. The van der Waals surface area contributed by atoms with Gasteiger partial charge in [-0.3, -0.25) is 0 Å². The van der Waals surface area contributed by atoms with E-state index in [0.29, 0.717) is 5.78 Å². The number of Topliss-reactive ketones (excluding diaryl/α,β-unsaturated/α-hetero) is 1. The lowest BCUT2D eigenvalue weighted by Crippen LogP contribution is -2.01. The molecule has 0 amide bonds. The van der Waals surface area contributed by atoms with Crippen LogP contribution >= 0.6 is 0 Å². The van der Waals surface area contributed by atoms with Crippen molar-refractivity contribution in [1.82, 2.24) is 0 Å². The van der Waals surface area contributed by atoms with Gasteiger partial charge in [0.05, 0.1) is 0 Å². The van der Waals surface area contributed by atoms with Gasteiger partial charge < -0.3 is 4.79 Å². The molecule has 0 aromatic heterocycles. The Labute approximate surface area is 76.6 Å². The molecule has 0 aromatic rings. The van der Waals surface area contributed by atoms with Gasteiger partial charge in [0.1, 0.15) is 5.78 Å². The Morgan fingerprint density at radius 3 is 2.33 bits per heavy atom. The summed E-state index contributed by atoms with van der Waals surface area (Å²) in [7, 11) is 0. The maximum absolute atomic E-state index is 10.7. The highest BCUT2D eigenvalue weighted by molar-refractivity contribution is 5.75. The fourth-order valence-electron chi connectivity index (χ4n) is 1.45. The molecule has 0 rings (SSSR count). The van der Waals surface area contributed by atoms with Gasteiger partial charge in [-0.2, -0.15) is 0 Å². The van der Waals surface area contributed by atoms with E-state index in [-0.39, 0.29) is 0 Å². The van der Waals surface area contributed by atoms with E-state index in [2.05, 4.69) is 13.8 Å². The minimum atomic E-state index is 0.338. The van der Waals surface area contributed by atoms with Crippen LogP contribution in [0.4, 0.5) is 0 Å². The smallest absolute Gasteiger partial charge is 0.129 e. The zero-order chi connectivity index (χ0) is 9.40. The second-order valence-electron chi connectivity index (χ2n) is 3.66. The van der Waals surface area contributed by atoms with Gasteiger partial charge in [-0.05, 0) is 19.3 Å². The minimum absolute atomic E-state index is 0.338.